The minimum atomic E-state index is -0.672. The number of rotatable bonds is 6. The Labute approximate surface area is 157 Å². The Morgan fingerprint density at radius 2 is 2.08 bits per heavy atom. The summed E-state index contributed by atoms with van der Waals surface area (Å²) < 4.78 is 0. The molecular formula is C19H19N5OS. The first kappa shape index (κ1) is 19.3. The van der Waals surface area contributed by atoms with Crippen molar-refractivity contribution in [2.24, 2.45) is 5.73 Å². The molecule has 0 aliphatic rings. The minimum absolute atomic E-state index is 0.330. The van der Waals surface area contributed by atoms with Crippen LogP contribution in [0.3, 0.4) is 0 Å². The van der Waals surface area contributed by atoms with Crippen LogP contribution in [0.15, 0.2) is 35.4 Å². The molecule has 0 aliphatic carbocycles. The van der Waals surface area contributed by atoms with Crippen molar-refractivity contribution in [1.82, 2.24) is 4.98 Å². The lowest BCUT2D eigenvalue weighted by Crippen LogP contribution is -2.19. The van der Waals surface area contributed by atoms with Crippen molar-refractivity contribution < 1.29 is 4.79 Å². The van der Waals surface area contributed by atoms with E-state index in [1.807, 2.05) is 37.3 Å². The summed E-state index contributed by atoms with van der Waals surface area (Å²) in [5.74, 6) is -0.0276. The van der Waals surface area contributed by atoms with E-state index in [0.29, 0.717) is 34.1 Å². The molecule has 0 radical (unpaired) electrons. The van der Waals surface area contributed by atoms with Gasteiger partial charge in [-0.2, -0.15) is 5.26 Å². The van der Waals surface area contributed by atoms with Crippen LogP contribution in [0.2, 0.25) is 0 Å². The number of primary amides is 1. The number of nitrogens with two attached hydrogens (primary N) is 1. The molecule has 2 rings (SSSR count). The summed E-state index contributed by atoms with van der Waals surface area (Å²) in [6, 6.07) is 11.3. The Balaban J connectivity index is 2.65. The normalized spacial score (nSPS) is 11.3. The molecular weight excluding hydrogens is 346 g/mol. The maximum atomic E-state index is 12.0. The predicted molar refractivity (Wildman–Crippen MR) is 103 cm³/mol. The number of nitriles is 1. The number of carbonyl (C=O) groups is 1. The van der Waals surface area contributed by atoms with Crippen molar-refractivity contribution in [2.75, 3.05) is 19.0 Å². The zero-order chi connectivity index (χ0) is 19.3. The van der Waals surface area contributed by atoms with E-state index in [4.69, 9.17) is 12.3 Å². The molecule has 0 saturated heterocycles. The van der Waals surface area contributed by atoms with Crippen LogP contribution in [-0.2, 0) is 11.2 Å². The topological polar surface area (TPSA) is 87.4 Å². The summed E-state index contributed by atoms with van der Waals surface area (Å²) in [5.41, 5.74) is 7.69. The largest absolute Gasteiger partial charge is 0.371 e. The van der Waals surface area contributed by atoms with E-state index in [1.54, 1.807) is 19.0 Å². The lowest BCUT2D eigenvalue weighted by atomic mass is 10.1. The van der Waals surface area contributed by atoms with Crippen molar-refractivity contribution in [3.63, 3.8) is 0 Å². The lowest BCUT2D eigenvalue weighted by Gasteiger charge is -2.20. The Morgan fingerprint density at radius 3 is 2.54 bits per heavy atom. The third kappa shape index (κ3) is 3.79. The van der Waals surface area contributed by atoms with Crippen molar-refractivity contribution in [2.45, 2.75) is 23.6 Å². The van der Waals surface area contributed by atoms with Crippen LogP contribution in [0.25, 0.3) is 4.85 Å². The SMILES string of the molecule is [C-]#[N+]c1c(N(C)C)nc(S[C@@H](C(N)=O)c2ccccc2)c(C#N)c1CC. The van der Waals surface area contributed by atoms with Gasteiger partial charge in [-0.3, -0.25) is 4.79 Å². The maximum absolute atomic E-state index is 12.0. The number of hydrogen-bond acceptors (Lipinski definition) is 5. The van der Waals surface area contributed by atoms with E-state index in [-0.39, 0.29) is 0 Å². The van der Waals surface area contributed by atoms with Crippen molar-refractivity contribution in [3.05, 3.63) is 58.4 Å². The van der Waals surface area contributed by atoms with E-state index in [0.717, 1.165) is 17.3 Å². The van der Waals surface area contributed by atoms with Gasteiger partial charge in [0.15, 0.2) is 0 Å². The van der Waals surface area contributed by atoms with E-state index in [1.165, 1.54) is 0 Å². The van der Waals surface area contributed by atoms with Crippen LogP contribution in [-0.4, -0.2) is 25.0 Å². The fourth-order valence-corrected chi connectivity index (χ4v) is 3.65. The molecule has 1 aromatic carbocycles. The van der Waals surface area contributed by atoms with Crippen LogP contribution in [0.1, 0.15) is 28.9 Å². The number of anilines is 1. The molecule has 1 aromatic heterocycles. The number of aromatic nitrogens is 1. The van der Waals surface area contributed by atoms with Gasteiger partial charge < -0.3 is 10.6 Å². The highest BCUT2D eigenvalue weighted by Gasteiger charge is 2.26. The number of pyridine rings is 1. The van der Waals surface area contributed by atoms with Gasteiger partial charge in [-0.1, -0.05) is 49.0 Å². The zero-order valence-corrected chi connectivity index (χ0v) is 15.7. The van der Waals surface area contributed by atoms with Crippen LogP contribution in [0, 0.1) is 17.9 Å². The summed E-state index contributed by atoms with van der Waals surface area (Å²) >= 11 is 1.14. The Hall–Kier alpha value is -3.03. The van der Waals surface area contributed by atoms with E-state index >= 15 is 0 Å². The van der Waals surface area contributed by atoms with Gasteiger partial charge in [-0.25, -0.2) is 9.83 Å². The van der Waals surface area contributed by atoms with E-state index < -0.39 is 11.2 Å². The summed E-state index contributed by atoms with van der Waals surface area (Å²) in [6.45, 7) is 9.37. The molecule has 0 unspecified atom stereocenters. The molecule has 7 heteroatoms. The van der Waals surface area contributed by atoms with Crippen LogP contribution >= 0.6 is 11.8 Å². The molecule has 2 N–H and O–H groups in total. The van der Waals surface area contributed by atoms with Gasteiger partial charge in [0.1, 0.15) is 22.2 Å². The van der Waals surface area contributed by atoms with Gasteiger partial charge in [0.25, 0.3) is 0 Å². The first-order valence-corrected chi connectivity index (χ1v) is 8.85. The second kappa shape index (κ2) is 8.37. The molecule has 6 nitrogen and oxygen atoms in total. The number of benzene rings is 1. The molecule has 0 fully saturated rings. The minimum Gasteiger partial charge on any atom is -0.371 e. The fraction of sp³-hybridized carbons (Fsp3) is 0.263. The molecule has 0 bridgehead atoms. The first-order valence-electron chi connectivity index (χ1n) is 7.97. The Kier molecular flexibility index (Phi) is 6.21. The predicted octanol–water partition coefficient (Wildman–Crippen LogP) is 3.45. The highest BCUT2D eigenvalue weighted by molar-refractivity contribution is 8.00. The number of carbonyl (C=O) groups excluding carboxylic acids is 1. The summed E-state index contributed by atoms with van der Waals surface area (Å²) in [4.78, 5) is 21.9. The quantitative estimate of drug-likeness (QED) is 0.626. The van der Waals surface area contributed by atoms with E-state index in [2.05, 4.69) is 15.9 Å². The van der Waals surface area contributed by atoms with Gasteiger partial charge >= 0.3 is 0 Å². The summed E-state index contributed by atoms with van der Waals surface area (Å²) in [7, 11) is 3.58. The molecule has 0 aliphatic heterocycles. The standard InChI is InChI=1S/C19H19N5OS/c1-5-13-14(11-20)19(23-18(24(3)4)15(13)22-2)26-16(17(21)25)12-9-7-6-8-10-12/h6-10,16H,5H2,1,3-4H3,(H2,21,25)/t16-/m1/s1. The number of amides is 1. The number of nitrogens with zero attached hydrogens (tertiary/aromatic N) is 4. The molecule has 2 aromatic rings. The smallest absolute Gasteiger partial charge is 0.235 e. The molecule has 0 saturated carbocycles. The summed E-state index contributed by atoms with van der Waals surface area (Å²) in [5, 5.41) is 9.40. The molecule has 26 heavy (non-hydrogen) atoms. The van der Waals surface area contributed by atoms with Crippen molar-refractivity contribution in [1.29, 1.82) is 5.26 Å². The Bertz CT molecular complexity index is 897. The third-order valence-corrected chi connectivity index (χ3v) is 5.07. The highest BCUT2D eigenvalue weighted by atomic mass is 32.2. The third-order valence-electron chi connectivity index (χ3n) is 3.81. The summed E-state index contributed by atoms with van der Waals surface area (Å²) in [6.07, 6.45) is 0.518. The molecule has 0 spiro atoms. The number of hydrogen-bond donors (Lipinski definition) is 1. The first-order chi connectivity index (χ1) is 12.4. The van der Waals surface area contributed by atoms with Crippen molar-refractivity contribution >= 4 is 29.2 Å². The van der Waals surface area contributed by atoms with Gasteiger partial charge in [0.2, 0.25) is 11.6 Å². The zero-order valence-electron chi connectivity index (χ0n) is 14.9. The van der Waals surface area contributed by atoms with Crippen molar-refractivity contribution in [3.8, 4) is 6.07 Å². The molecule has 1 atom stereocenters. The maximum Gasteiger partial charge on any atom is 0.235 e. The Morgan fingerprint density at radius 1 is 1.42 bits per heavy atom. The fourth-order valence-electron chi connectivity index (χ4n) is 2.59. The highest BCUT2D eigenvalue weighted by Crippen LogP contribution is 2.42. The van der Waals surface area contributed by atoms with Gasteiger partial charge in [-0.05, 0) is 17.5 Å². The van der Waals surface area contributed by atoms with Crippen LogP contribution in [0.4, 0.5) is 11.5 Å². The van der Waals surface area contributed by atoms with Gasteiger partial charge in [0, 0.05) is 14.1 Å². The second-order valence-corrected chi connectivity index (χ2v) is 6.82. The average molecular weight is 365 g/mol. The molecule has 1 heterocycles. The van der Waals surface area contributed by atoms with Gasteiger partial charge in [0.05, 0.1) is 12.1 Å². The average Bonchev–Trinajstić information content (AvgIpc) is 2.64. The number of thioether (sulfide) groups is 1. The lowest BCUT2D eigenvalue weighted by molar-refractivity contribution is -0.117. The van der Waals surface area contributed by atoms with Crippen LogP contribution < -0.4 is 10.6 Å². The molecule has 132 valence electrons. The van der Waals surface area contributed by atoms with Gasteiger partial charge in [-0.15, -0.1) is 0 Å². The molecule has 1 amide bonds. The second-order valence-electron chi connectivity index (χ2n) is 5.73. The van der Waals surface area contributed by atoms with Crippen LogP contribution in [0.5, 0.6) is 0 Å². The van der Waals surface area contributed by atoms with E-state index in [9.17, 15) is 10.1 Å². The monoisotopic (exact) mass is 365 g/mol.